The molecule has 0 spiro atoms. The van der Waals surface area contributed by atoms with Crippen molar-refractivity contribution in [1.82, 2.24) is 5.32 Å². The number of phenolic OH excluding ortho intramolecular Hbond substituents is 1. The van der Waals surface area contributed by atoms with E-state index in [9.17, 15) is 5.11 Å². The lowest BCUT2D eigenvalue weighted by Gasteiger charge is -2.28. The Hall–Kier alpha value is -1.22. The first kappa shape index (κ1) is 10.9. The number of hydrogen-bond acceptors (Lipinski definition) is 3. The van der Waals surface area contributed by atoms with Gasteiger partial charge in [0.25, 0.3) is 0 Å². The standard InChI is InChI=1S/C14H20N2O/c1-16-9-12(10-5-7-15-8-6-10)11-3-2-4-13(17)14(11)16/h2-4,10,12,15,17H,5-9H2,1H3. The molecular formula is C14H20N2O. The Bertz CT molecular complexity index is 413. The van der Waals surface area contributed by atoms with E-state index in [0.29, 0.717) is 11.7 Å². The number of aromatic hydroxyl groups is 1. The van der Waals surface area contributed by atoms with E-state index in [1.54, 1.807) is 6.07 Å². The number of para-hydroxylation sites is 1. The average molecular weight is 232 g/mol. The van der Waals surface area contributed by atoms with E-state index in [4.69, 9.17) is 0 Å². The molecule has 2 heterocycles. The number of phenols is 1. The van der Waals surface area contributed by atoms with Crippen LogP contribution in [0, 0.1) is 5.92 Å². The Morgan fingerprint density at radius 3 is 2.82 bits per heavy atom. The van der Waals surface area contributed by atoms with Crippen LogP contribution in [-0.2, 0) is 0 Å². The highest BCUT2D eigenvalue weighted by molar-refractivity contribution is 5.67. The number of piperidine rings is 1. The SMILES string of the molecule is CN1CC(C2CCNCC2)c2cccc(O)c21. The minimum absolute atomic E-state index is 0.432. The van der Waals surface area contributed by atoms with E-state index in [1.165, 1.54) is 18.4 Å². The third-order valence-electron chi connectivity index (χ3n) is 4.25. The lowest BCUT2D eigenvalue weighted by atomic mass is 9.81. The van der Waals surface area contributed by atoms with Gasteiger partial charge in [0.1, 0.15) is 5.75 Å². The molecule has 0 amide bonds. The van der Waals surface area contributed by atoms with E-state index < -0.39 is 0 Å². The summed E-state index contributed by atoms with van der Waals surface area (Å²) in [5.41, 5.74) is 2.40. The average Bonchev–Trinajstić information content (AvgIpc) is 2.69. The summed E-state index contributed by atoms with van der Waals surface area (Å²) >= 11 is 0. The minimum Gasteiger partial charge on any atom is -0.506 e. The van der Waals surface area contributed by atoms with Gasteiger partial charge >= 0.3 is 0 Å². The molecule has 0 radical (unpaired) electrons. The van der Waals surface area contributed by atoms with Gasteiger partial charge in [0.2, 0.25) is 0 Å². The van der Waals surface area contributed by atoms with Gasteiger partial charge in [-0.3, -0.25) is 0 Å². The van der Waals surface area contributed by atoms with Gasteiger partial charge in [0.05, 0.1) is 5.69 Å². The molecule has 3 heteroatoms. The first-order valence-electron chi connectivity index (χ1n) is 6.51. The first-order valence-corrected chi connectivity index (χ1v) is 6.51. The topological polar surface area (TPSA) is 35.5 Å². The van der Waals surface area contributed by atoms with E-state index in [-0.39, 0.29) is 0 Å². The summed E-state index contributed by atoms with van der Waals surface area (Å²) in [4.78, 5) is 2.21. The molecule has 0 saturated carbocycles. The summed E-state index contributed by atoms with van der Waals surface area (Å²) in [5.74, 6) is 1.80. The van der Waals surface area contributed by atoms with Gasteiger partial charge in [0, 0.05) is 19.5 Å². The number of hydrogen-bond donors (Lipinski definition) is 2. The molecule has 0 aliphatic carbocycles. The van der Waals surface area contributed by atoms with Crippen LogP contribution in [0.15, 0.2) is 18.2 Å². The zero-order chi connectivity index (χ0) is 11.8. The second-order valence-electron chi connectivity index (χ2n) is 5.29. The molecule has 1 fully saturated rings. The summed E-state index contributed by atoms with van der Waals surface area (Å²) < 4.78 is 0. The van der Waals surface area contributed by atoms with Gasteiger partial charge in [-0.1, -0.05) is 12.1 Å². The maximum atomic E-state index is 9.96. The molecule has 0 aromatic heterocycles. The summed E-state index contributed by atoms with van der Waals surface area (Å²) in [6.45, 7) is 3.33. The Labute approximate surface area is 102 Å². The molecule has 1 aromatic carbocycles. The number of rotatable bonds is 1. The monoisotopic (exact) mass is 232 g/mol. The van der Waals surface area contributed by atoms with Crippen LogP contribution in [0.1, 0.15) is 24.3 Å². The molecule has 1 aromatic rings. The number of nitrogens with one attached hydrogen (secondary N) is 1. The van der Waals surface area contributed by atoms with Gasteiger partial charge in [0.15, 0.2) is 0 Å². The van der Waals surface area contributed by atoms with Crippen LogP contribution >= 0.6 is 0 Å². The highest BCUT2D eigenvalue weighted by Crippen LogP contribution is 2.46. The third-order valence-corrected chi connectivity index (χ3v) is 4.25. The highest BCUT2D eigenvalue weighted by Gasteiger charge is 2.34. The lowest BCUT2D eigenvalue weighted by Crippen LogP contribution is -2.32. The second kappa shape index (κ2) is 4.22. The van der Waals surface area contributed by atoms with Crippen molar-refractivity contribution in [3.8, 4) is 5.75 Å². The molecule has 0 bridgehead atoms. The molecule has 1 atom stereocenters. The second-order valence-corrected chi connectivity index (χ2v) is 5.29. The van der Waals surface area contributed by atoms with Crippen LogP contribution in [-0.4, -0.2) is 31.8 Å². The third kappa shape index (κ3) is 1.78. The molecule has 2 N–H and O–H groups in total. The zero-order valence-corrected chi connectivity index (χ0v) is 10.3. The van der Waals surface area contributed by atoms with E-state index in [0.717, 1.165) is 31.2 Å². The predicted octanol–water partition coefficient (Wildman–Crippen LogP) is 1.93. The molecule has 3 rings (SSSR count). The van der Waals surface area contributed by atoms with Crippen LogP contribution < -0.4 is 10.2 Å². The molecule has 2 aliphatic rings. The van der Waals surface area contributed by atoms with E-state index in [2.05, 4.69) is 23.3 Å². The predicted molar refractivity (Wildman–Crippen MR) is 69.7 cm³/mol. The number of likely N-dealkylation sites (N-methyl/N-ethyl adjacent to an activating group) is 1. The zero-order valence-electron chi connectivity index (χ0n) is 10.3. The summed E-state index contributed by atoms with van der Waals surface area (Å²) in [5, 5.41) is 13.4. The van der Waals surface area contributed by atoms with Gasteiger partial charge in [-0.05, 0) is 43.5 Å². The quantitative estimate of drug-likeness (QED) is 0.776. The molecule has 92 valence electrons. The smallest absolute Gasteiger partial charge is 0.139 e. The number of benzene rings is 1. The molecule has 3 nitrogen and oxygen atoms in total. The maximum absolute atomic E-state index is 9.96. The van der Waals surface area contributed by atoms with Crippen molar-refractivity contribution in [2.45, 2.75) is 18.8 Å². The fraction of sp³-hybridized carbons (Fsp3) is 0.571. The Morgan fingerprint density at radius 1 is 1.29 bits per heavy atom. The fourth-order valence-electron chi connectivity index (χ4n) is 3.40. The molecule has 17 heavy (non-hydrogen) atoms. The largest absolute Gasteiger partial charge is 0.506 e. The van der Waals surface area contributed by atoms with Crippen molar-refractivity contribution in [2.75, 3.05) is 31.6 Å². The van der Waals surface area contributed by atoms with Crippen LogP contribution in [0.3, 0.4) is 0 Å². The first-order chi connectivity index (χ1) is 8.27. The van der Waals surface area contributed by atoms with Crippen LogP contribution in [0.2, 0.25) is 0 Å². The van der Waals surface area contributed by atoms with Crippen molar-refractivity contribution in [3.05, 3.63) is 23.8 Å². The van der Waals surface area contributed by atoms with Crippen molar-refractivity contribution < 1.29 is 5.11 Å². The van der Waals surface area contributed by atoms with Crippen LogP contribution in [0.5, 0.6) is 5.75 Å². The van der Waals surface area contributed by atoms with Crippen LogP contribution in [0.25, 0.3) is 0 Å². The van der Waals surface area contributed by atoms with Crippen molar-refractivity contribution in [3.63, 3.8) is 0 Å². The van der Waals surface area contributed by atoms with E-state index >= 15 is 0 Å². The van der Waals surface area contributed by atoms with Crippen LogP contribution in [0.4, 0.5) is 5.69 Å². The molecule has 2 aliphatic heterocycles. The Kier molecular flexibility index (Phi) is 2.71. The molecule has 1 saturated heterocycles. The number of nitrogens with zero attached hydrogens (tertiary/aromatic N) is 1. The molecule has 1 unspecified atom stereocenters. The fourth-order valence-corrected chi connectivity index (χ4v) is 3.40. The minimum atomic E-state index is 0.432. The van der Waals surface area contributed by atoms with Crippen molar-refractivity contribution in [2.24, 2.45) is 5.92 Å². The van der Waals surface area contributed by atoms with Gasteiger partial charge in [-0.25, -0.2) is 0 Å². The number of fused-ring (bicyclic) bond motifs is 1. The highest BCUT2D eigenvalue weighted by atomic mass is 16.3. The van der Waals surface area contributed by atoms with Crippen molar-refractivity contribution in [1.29, 1.82) is 0 Å². The van der Waals surface area contributed by atoms with E-state index in [1.807, 2.05) is 6.07 Å². The van der Waals surface area contributed by atoms with Gasteiger partial charge in [-0.2, -0.15) is 0 Å². The summed E-state index contributed by atoms with van der Waals surface area (Å²) in [7, 11) is 2.08. The Morgan fingerprint density at radius 2 is 2.06 bits per heavy atom. The summed E-state index contributed by atoms with van der Waals surface area (Å²) in [6, 6.07) is 5.95. The maximum Gasteiger partial charge on any atom is 0.139 e. The number of anilines is 1. The summed E-state index contributed by atoms with van der Waals surface area (Å²) in [6.07, 6.45) is 2.52. The lowest BCUT2D eigenvalue weighted by molar-refractivity contribution is 0.327. The van der Waals surface area contributed by atoms with Gasteiger partial charge in [-0.15, -0.1) is 0 Å². The van der Waals surface area contributed by atoms with Crippen molar-refractivity contribution >= 4 is 5.69 Å². The molecular weight excluding hydrogens is 212 g/mol. The normalized spacial score (nSPS) is 25.0. The van der Waals surface area contributed by atoms with Gasteiger partial charge < -0.3 is 15.3 Å². The Balaban J connectivity index is 1.92.